The first-order valence-corrected chi connectivity index (χ1v) is 5.44. The van der Waals surface area contributed by atoms with E-state index in [1.165, 1.54) is 0 Å². The first kappa shape index (κ1) is 12.8. The Morgan fingerprint density at radius 3 is 2.72 bits per heavy atom. The standard InChI is InChI=1S/C11H13F3N2O2/c12-7-3-8(15)9(4-10(7)18-11(13)14)16-2-1-6(17)5-16/h3-4,6,11,17H,1-2,5,15H2. The molecule has 100 valence electrons. The molecule has 1 atom stereocenters. The van der Waals surface area contributed by atoms with Gasteiger partial charge in [-0.3, -0.25) is 0 Å². The van der Waals surface area contributed by atoms with Crippen LogP contribution in [0.3, 0.4) is 0 Å². The number of ether oxygens (including phenoxy) is 1. The van der Waals surface area contributed by atoms with Gasteiger partial charge < -0.3 is 20.5 Å². The molecule has 4 nitrogen and oxygen atoms in total. The van der Waals surface area contributed by atoms with Gasteiger partial charge in [0.15, 0.2) is 11.6 Å². The molecule has 2 rings (SSSR count). The van der Waals surface area contributed by atoms with Gasteiger partial charge in [0, 0.05) is 25.2 Å². The number of β-amino-alcohol motifs (C(OH)–C–C–N with tert-alkyl or cyclic N) is 1. The number of aliphatic hydroxyl groups excluding tert-OH is 1. The molecule has 1 aliphatic heterocycles. The van der Waals surface area contributed by atoms with Crippen LogP contribution < -0.4 is 15.4 Å². The molecule has 1 heterocycles. The molecule has 1 aliphatic rings. The first-order chi connectivity index (χ1) is 8.47. The van der Waals surface area contributed by atoms with Crippen molar-refractivity contribution in [2.45, 2.75) is 19.1 Å². The second-order valence-electron chi connectivity index (χ2n) is 4.11. The Bertz CT molecular complexity index is 443. The second kappa shape index (κ2) is 4.93. The summed E-state index contributed by atoms with van der Waals surface area (Å²) >= 11 is 0. The highest BCUT2D eigenvalue weighted by Gasteiger charge is 2.24. The van der Waals surface area contributed by atoms with Crippen LogP contribution >= 0.6 is 0 Å². The van der Waals surface area contributed by atoms with Crippen LogP contribution in [0.1, 0.15) is 6.42 Å². The van der Waals surface area contributed by atoms with Crippen molar-refractivity contribution in [2.24, 2.45) is 0 Å². The van der Waals surface area contributed by atoms with Crippen molar-refractivity contribution in [1.82, 2.24) is 0 Å². The minimum Gasteiger partial charge on any atom is -0.432 e. The van der Waals surface area contributed by atoms with Crippen LogP contribution in [0.25, 0.3) is 0 Å². The minimum absolute atomic E-state index is 0.128. The molecule has 0 radical (unpaired) electrons. The van der Waals surface area contributed by atoms with Gasteiger partial charge in [-0.1, -0.05) is 0 Å². The zero-order chi connectivity index (χ0) is 13.3. The Labute approximate surface area is 102 Å². The largest absolute Gasteiger partial charge is 0.432 e. The van der Waals surface area contributed by atoms with Crippen molar-refractivity contribution in [3.63, 3.8) is 0 Å². The SMILES string of the molecule is Nc1cc(F)c(OC(F)F)cc1N1CCC(O)C1. The minimum atomic E-state index is -3.10. The van der Waals surface area contributed by atoms with Crippen LogP contribution in [0.4, 0.5) is 24.5 Å². The zero-order valence-electron chi connectivity index (χ0n) is 9.44. The van der Waals surface area contributed by atoms with Gasteiger partial charge in [0.1, 0.15) is 0 Å². The molecule has 18 heavy (non-hydrogen) atoms. The average Bonchev–Trinajstić information content (AvgIpc) is 2.68. The molecule has 1 unspecified atom stereocenters. The van der Waals surface area contributed by atoms with Gasteiger partial charge in [-0.2, -0.15) is 8.78 Å². The number of benzene rings is 1. The number of hydrogen-bond donors (Lipinski definition) is 2. The van der Waals surface area contributed by atoms with E-state index < -0.39 is 24.3 Å². The summed E-state index contributed by atoms with van der Waals surface area (Å²) in [6.07, 6.45) is 0.0657. The molecule has 0 amide bonds. The third-order valence-electron chi connectivity index (χ3n) is 2.80. The molecule has 0 aromatic heterocycles. The molecule has 0 saturated carbocycles. The summed E-state index contributed by atoms with van der Waals surface area (Å²) in [5, 5.41) is 9.41. The van der Waals surface area contributed by atoms with Gasteiger partial charge in [0.25, 0.3) is 0 Å². The van der Waals surface area contributed by atoms with Crippen molar-refractivity contribution in [1.29, 1.82) is 0 Å². The second-order valence-corrected chi connectivity index (χ2v) is 4.11. The quantitative estimate of drug-likeness (QED) is 0.812. The van der Waals surface area contributed by atoms with Crippen molar-refractivity contribution in [3.8, 4) is 5.75 Å². The van der Waals surface area contributed by atoms with Crippen LogP contribution in [0.15, 0.2) is 12.1 Å². The van der Waals surface area contributed by atoms with E-state index in [9.17, 15) is 18.3 Å². The summed E-state index contributed by atoms with van der Waals surface area (Å²) in [7, 11) is 0. The van der Waals surface area contributed by atoms with E-state index in [-0.39, 0.29) is 5.69 Å². The fourth-order valence-corrected chi connectivity index (χ4v) is 1.98. The van der Waals surface area contributed by atoms with Crippen LogP contribution in [0.2, 0.25) is 0 Å². The fourth-order valence-electron chi connectivity index (χ4n) is 1.98. The van der Waals surface area contributed by atoms with E-state index in [4.69, 9.17) is 5.73 Å². The van der Waals surface area contributed by atoms with Crippen LogP contribution in [0, 0.1) is 5.82 Å². The highest BCUT2D eigenvalue weighted by atomic mass is 19.3. The molecule has 0 bridgehead atoms. The van der Waals surface area contributed by atoms with E-state index in [0.717, 1.165) is 12.1 Å². The Morgan fingerprint density at radius 1 is 1.44 bits per heavy atom. The summed E-state index contributed by atoms with van der Waals surface area (Å²) in [5.74, 6) is -1.48. The smallest absolute Gasteiger partial charge is 0.387 e. The molecule has 0 aliphatic carbocycles. The Morgan fingerprint density at radius 2 is 2.17 bits per heavy atom. The maximum atomic E-state index is 13.3. The van der Waals surface area contributed by atoms with Crippen LogP contribution in [0.5, 0.6) is 5.75 Å². The molecule has 7 heteroatoms. The maximum Gasteiger partial charge on any atom is 0.387 e. The van der Waals surface area contributed by atoms with Crippen molar-refractivity contribution in [3.05, 3.63) is 17.9 Å². The lowest BCUT2D eigenvalue weighted by Crippen LogP contribution is -2.22. The highest BCUT2D eigenvalue weighted by molar-refractivity contribution is 5.70. The van der Waals surface area contributed by atoms with Gasteiger partial charge >= 0.3 is 6.61 Å². The first-order valence-electron chi connectivity index (χ1n) is 5.44. The lowest BCUT2D eigenvalue weighted by atomic mass is 10.2. The number of alkyl halides is 2. The van der Waals surface area contributed by atoms with E-state index in [1.807, 2.05) is 0 Å². The van der Waals surface area contributed by atoms with E-state index in [0.29, 0.717) is 25.2 Å². The maximum absolute atomic E-state index is 13.3. The Kier molecular flexibility index (Phi) is 3.51. The molecule has 1 fully saturated rings. The fraction of sp³-hybridized carbons (Fsp3) is 0.455. The number of nitrogens with zero attached hydrogens (tertiary/aromatic N) is 1. The average molecular weight is 262 g/mol. The number of hydrogen-bond acceptors (Lipinski definition) is 4. The third kappa shape index (κ3) is 2.61. The number of halogens is 3. The number of rotatable bonds is 3. The normalized spacial score (nSPS) is 19.6. The van der Waals surface area contributed by atoms with Gasteiger partial charge in [-0.05, 0) is 6.42 Å². The summed E-state index contributed by atoms with van der Waals surface area (Å²) in [6, 6.07) is 2.08. The number of nitrogens with two attached hydrogens (primary N) is 1. The summed E-state index contributed by atoms with van der Waals surface area (Å²) < 4.78 is 41.6. The molecule has 1 aromatic carbocycles. The van der Waals surface area contributed by atoms with Gasteiger partial charge in [-0.15, -0.1) is 0 Å². The van der Waals surface area contributed by atoms with Crippen molar-refractivity contribution < 1.29 is 23.0 Å². The van der Waals surface area contributed by atoms with Gasteiger partial charge in [0.05, 0.1) is 17.5 Å². The molecular weight excluding hydrogens is 249 g/mol. The van der Waals surface area contributed by atoms with Crippen LogP contribution in [-0.2, 0) is 0 Å². The monoisotopic (exact) mass is 262 g/mol. The molecule has 1 aromatic rings. The molecule has 1 saturated heterocycles. The van der Waals surface area contributed by atoms with E-state index in [1.54, 1.807) is 4.90 Å². The lowest BCUT2D eigenvalue weighted by molar-refractivity contribution is -0.0521. The Hall–Kier alpha value is -1.63. The highest BCUT2D eigenvalue weighted by Crippen LogP contribution is 2.33. The van der Waals surface area contributed by atoms with Gasteiger partial charge in [-0.25, -0.2) is 4.39 Å². The topological polar surface area (TPSA) is 58.7 Å². The van der Waals surface area contributed by atoms with Crippen LogP contribution in [-0.4, -0.2) is 30.9 Å². The predicted molar refractivity (Wildman–Crippen MR) is 60.3 cm³/mol. The predicted octanol–water partition coefficient (Wildman–Crippen LogP) is 1.58. The number of nitrogen functional groups attached to an aromatic ring is 1. The summed E-state index contributed by atoms with van der Waals surface area (Å²) in [5.41, 5.74) is 6.16. The van der Waals surface area contributed by atoms with E-state index >= 15 is 0 Å². The van der Waals surface area contributed by atoms with Crippen molar-refractivity contribution in [2.75, 3.05) is 23.7 Å². The molecule has 0 spiro atoms. The number of aliphatic hydroxyl groups is 1. The number of anilines is 2. The third-order valence-corrected chi connectivity index (χ3v) is 2.80. The zero-order valence-corrected chi connectivity index (χ0v) is 9.44. The lowest BCUT2D eigenvalue weighted by Gasteiger charge is -2.21. The van der Waals surface area contributed by atoms with E-state index in [2.05, 4.69) is 4.74 Å². The summed E-state index contributed by atoms with van der Waals surface area (Å²) in [4.78, 5) is 1.71. The Balaban J connectivity index is 2.29. The van der Waals surface area contributed by atoms with Gasteiger partial charge in [0.2, 0.25) is 0 Å². The molecule has 3 N–H and O–H groups in total. The summed E-state index contributed by atoms with van der Waals surface area (Å²) in [6.45, 7) is -2.23. The molecular formula is C11H13F3N2O2. The van der Waals surface area contributed by atoms with Crippen molar-refractivity contribution >= 4 is 11.4 Å².